The van der Waals surface area contributed by atoms with Crippen LogP contribution in [0.5, 0.6) is 5.88 Å². The Hall–Kier alpha value is -3.11. The van der Waals surface area contributed by atoms with Crippen molar-refractivity contribution in [1.29, 1.82) is 0 Å². The Morgan fingerprint density at radius 3 is 2.82 bits per heavy atom. The lowest BCUT2D eigenvalue weighted by molar-refractivity contribution is -0.0529. The van der Waals surface area contributed by atoms with Gasteiger partial charge in [-0.3, -0.25) is 4.57 Å². The number of aliphatic hydroxyl groups is 1. The van der Waals surface area contributed by atoms with Gasteiger partial charge in [0.1, 0.15) is 25.1 Å². The molecule has 0 spiro atoms. The predicted octanol–water partition coefficient (Wildman–Crippen LogP) is 1.29. The van der Waals surface area contributed by atoms with Crippen molar-refractivity contribution in [1.82, 2.24) is 19.5 Å². The quantitative estimate of drug-likeness (QED) is 0.652. The highest BCUT2D eigenvalue weighted by Crippen LogP contribution is 2.34. The highest BCUT2D eigenvalue weighted by molar-refractivity contribution is 5.89. The third-order valence-electron chi connectivity index (χ3n) is 4.47. The number of benzene rings is 1. The fourth-order valence-electron chi connectivity index (χ4n) is 3.05. The fraction of sp³-hybridized carbons (Fsp3) is 0.333. The second kappa shape index (κ2) is 7.49. The van der Waals surface area contributed by atoms with Crippen molar-refractivity contribution in [2.24, 2.45) is 0 Å². The zero-order valence-corrected chi connectivity index (χ0v) is 14.8. The minimum absolute atomic E-state index is 0.242. The number of aliphatic hydroxyl groups excluding tert-OH is 1. The van der Waals surface area contributed by atoms with E-state index >= 15 is 0 Å². The molecular weight excluding hydrogens is 371 g/mol. The van der Waals surface area contributed by atoms with E-state index in [0.29, 0.717) is 16.7 Å². The predicted molar refractivity (Wildman–Crippen MR) is 93.4 cm³/mol. The Balaban J connectivity index is 1.50. The third-order valence-corrected chi connectivity index (χ3v) is 4.47. The van der Waals surface area contributed by atoms with Crippen LogP contribution in [0.4, 0.5) is 4.39 Å². The summed E-state index contributed by atoms with van der Waals surface area (Å²) in [6.45, 7) is -0.295. The van der Waals surface area contributed by atoms with Crippen LogP contribution in [0.25, 0.3) is 11.2 Å². The maximum atomic E-state index is 14.7. The lowest BCUT2D eigenvalue weighted by Gasteiger charge is -2.15. The molecule has 0 radical (unpaired) electrons. The van der Waals surface area contributed by atoms with Crippen molar-refractivity contribution in [3.8, 4) is 5.88 Å². The normalized spacial score (nSPS) is 24.4. The van der Waals surface area contributed by atoms with E-state index in [1.54, 1.807) is 30.3 Å². The zero-order valence-electron chi connectivity index (χ0n) is 14.8. The number of fused-ring (bicyclic) bond motifs is 1. The number of esters is 1. The number of nitrogens with zero attached hydrogens (tertiary/aromatic N) is 4. The number of rotatable bonds is 5. The standard InChI is InChI=1S/C18H17FN4O5/c1-26-16-13-15(20-8-21-16)23(9-22-13)17-12(19)14(24)11(28-17)7-27-18(25)10-5-3-2-4-6-10/h2-6,8-9,11-12,14,17,24H,7H2,1H3/t11-,12+,14-,17-/m1/s1. The molecule has 0 bridgehead atoms. The van der Waals surface area contributed by atoms with E-state index in [0.717, 1.165) is 0 Å². The molecule has 0 saturated carbocycles. The third kappa shape index (κ3) is 3.16. The summed E-state index contributed by atoms with van der Waals surface area (Å²) in [5.74, 6) is -0.341. The van der Waals surface area contributed by atoms with E-state index in [1.807, 2.05) is 0 Å². The van der Waals surface area contributed by atoms with E-state index in [9.17, 15) is 14.3 Å². The number of halogens is 1. The molecule has 0 amide bonds. The molecule has 4 atom stereocenters. The molecule has 2 aromatic heterocycles. The maximum absolute atomic E-state index is 14.7. The van der Waals surface area contributed by atoms with E-state index in [4.69, 9.17) is 14.2 Å². The fourth-order valence-corrected chi connectivity index (χ4v) is 3.05. The summed E-state index contributed by atoms with van der Waals surface area (Å²) >= 11 is 0. The van der Waals surface area contributed by atoms with Crippen molar-refractivity contribution in [2.45, 2.75) is 24.6 Å². The number of carbonyl (C=O) groups excluding carboxylic acids is 1. The lowest BCUT2D eigenvalue weighted by atomic mass is 10.1. The summed E-state index contributed by atoms with van der Waals surface area (Å²) in [6, 6.07) is 8.36. The second-order valence-corrected chi connectivity index (χ2v) is 6.17. The van der Waals surface area contributed by atoms with Crippen LogP contribution in [0.15, 0.2) is 43.0 Å². The molecule has 4 rings (SSSR count). The van der Waals surface area contributed by atoms with Gasteiger partial charge in [0.05, 0.1) is 19.0 Å². The topological polar surface area (TPSA) is 109 Å². The summed E-state index contributed by atoms with van der Waals surface area (Å²) in [5.41, 5.74) is 0.996. The van der Waals surface area contributed by atoms with Crippen molar-refractivity contribution in [3.63, 3.8) is 0 Å². The first-order valence-electron chi connectivity index (χ1n) is 8.51. The lowest BCUT2D eigenvalue weighted by Crippen LogP contribution is -2.32. The number of alkyl halides is 1. The van der Waals surface area contributed by atoms with Crippen LogP contribution < -0.4 is 4.74 Å². The van der Waals surface area contributed by atoms with Gasteiger partial charge in [-0.25, -0.2) is 19.2 Å². The minimum Gasteiger partial charge on any atom is -0.479 e. The van der Waals surface area contributed by atoms with Gasteiger partial charge < -0.3 is 19.3 Å². The van der Waals surface area contributed by atoms with Gasteiger partial charge in [0.2, 0.25) is 5.88 Å². The Labute approximate surface area is 158 Å². The molecule has 1 aliphatic rings. The number of ether oxygens (including phenoxy) is 3. The highest BCUT2D eigenvalue weighted by Gasteiger charge is 2.46. The molecule has 0 unspecified atom stereocenters. The van der Waals surface area contributed by atoms with Crippen LogP contribution in [-0.4, -0.2) is 62.7 Å². The maximum Gasteiger partial charge on any atom is 0.338 e. The average Bonchev–Trinajstić information content (AvgIpc) is 3.28. The molecule has 1 aromatic carbocycles. The van der Waals surface area contributed by atoms with Crippen LogP contribution in [0.1, 0.15) is 16.6 Å². The number of hydrogen-bond acceptors (Lipinski definition) is 8. The number of methoxy groups -OCH3 is 1. The Kier molecular flexibility index (Phi) is 4.88. The van der Waals surface area contributed by atoms with E-state index < -0.39 is 30.6 Å². The number of imidazole rings is 1. The molecule has 1 N–H and O–H groups in total. The van der Waals surface area contributed by atoms with Gasteiger partial charge >= 0.3 is 5.97 Å². The zero-order chi connectivity index (χ0) is 19.7. The number of carbonyl (C=O) groups is 1. The van der Waals surface area contributed by atoms with Crippen LogP contribution in [-0.2, 0) is 9.47 Å². The van der Waals surface area contributed by atoms with Crippen LogP contribution in [0.2, 0.25) is 0 Å². The van der Waals surface area contributed by atoms with Gasteiger partial charge in [0, 0.05) is 0 Å². The minimum atomic E-state index is -1.77. The summed E-state index contributed by atoms with van der Waals surface area (Å²) in [5, 5.41) is 10.2. The first-order valence-corrected chi connectivity index (χ1v) is 8.51. The molecule has 1 saturated heterocycles. The molecule has 3 heterocycles. The van der Waals surface area contributed by atoms with Gasteiger partial charge in [-0.2, -0.15) is 4.98 Å². The van der Waals surface area contributed by atoms with Gasteiger partial charge in [0.15, 0.2) is 23.6 Å². The van der Waals surface area contributed by atoms with Crippen molar-refractivity contribution in [2.75, 3.05) is 13.7 Å². The van der Waals surface area contributed by atoms with Gasteiger partial charge in [-0.1, -0.05) is 18.2 Å². The molecule has 146 valence electrons. The molecule has 10 heteroatoms. The average molecular weight is 388 g/mol. The monoisotopic (exact) mass is 388 g/mol. The molecule has 3 aromatic rings. The van der Waals surface area contributed by atoms with Gasteiger partial charge in [-0.15, -0.1) is 0 Å². The first-order chi connectivity index (χ1) is 13.6. The van der Waals surface area contributed by atoms with Crippen molar-refractivity contribution >= 4 is 17.1 Å². The second-order valence-electron chi connectivity index (χ2n) is 6.17. The molecule has 9 nitrogen and oxygen atoms in total. The number of hydrogen-bond donors (Lipinski definition) is 1. The summed E-state index contributed by atoms with van der Waals surface area (Å²) < 4.78 is 32.0. The van der Waals surface area contributed by atoms with Crippen LogP contribution in [0, 0.1) is 0 Å². The van der Waals surface area contributed by atoms with Gasteiger partial charge in [-0.05, 0) is 12.1 Å². The highest BCUT2D eigenvalue weighted by atomic mass is 19.1. The molecule has 1 fully saturated rings. The Morgan fingerprint density at radius 1 is 1.29 bits per heavy atom. The SMILES string of the molecule is COc1ncnc2c1ncn2[C@@H]1O[C@H](COC(=O)c2ccccc2)[C@@H](O)[C@@H]1F. The first kappa shape index (κ1) is 18.3. The molecule has 0 aliphatic carbocycles. The van der Waals surface area contributed by atoms with Crippen molar-refractivity contribution in [3.05, 3.63) is 48.5 Å². The van der Waals surface area contributed by atoms with Crippen LogP contribution >= 0.6 is 0 Å². The summed E-state index contributed by atoms with van der Waals surface area (Å²) in [7, 11) is 1.44. The van der Waals surface area contributed by atoms with Crippen LogP contribution in [0.3, 0.4) is 0 Å². The molecular formula is C18H17FN4O5. The van der Waals surface area contributed by atoms with E-state index in [-0.39, 0.29) is 12.5 Å². The Morgan fingerprint density at radius 2 is 2.07 bits per heavy atom. The smallest absolute Gasteiger partial charge is 0.338 e. The Bertz CT molecular complexity index is 983. The molecule has 28 heavy (non-hydrogen) atoms. The number of aromatic nitrogens is 4. The summed E-state index contributed by atoms with van der Waals surface area (Å²) in [4.78, 5) is 24.2. The molecule has 1 aliphatic heterocycles. The van der Waals surface area contributed by atoms with E-state index in [1.165, 1.54) is 24.3 Å². The largest absolute Gasteiger partial charge is 0.479 e. The van der Waals surface area contributed by atoms with Crippen molar-refractivity contribution < 1.29 is 28.5 Å². The van der Waals surface area contributed by atoms with Gasteiger partial charge in [0.25, 0.3) is 0 Å². The van der Waals surface area contributed by atoms with E-state index in [2.05, 4.69) is 15.0 Å². The summed E-state index contributed by atoms with van der Waals surface area (Å²) in [6.07, 6.45) is -2.86.